The van der Waals surface area contributed by atoms with Gasteiger partial charge in [0.05, 0.1) is 18.3 Å². The molecule has 0 bridgehead atoms. The van der Waals surface area contributed by atoms with Gasteiger partial charge in [0.25, 0.3) is 0 Å². The second-order valence-electron chi connectivity index (χ2n) is 4.21. The van der Waals surface area contributed by atoms with Gasteiger partial charge < -0.3 is 14.6 Å². The summed E-state index contributed by atoms with van der Waals surface area (Å²) >= 11 is 0. The molecule has 1 N–H and O–H groups in total. The van der Waals surface area contributed by atoms with Gasteiger partial charge in [0.1, 0.15) is 5.82 Å². The van der Waals surface area contributed by atoms with Crippen molar-refractivity contribution in [1.29, 1.82) is 0 Å². The molecule has 5 heteroatoms. The number of carboxylic acids is 1. The van der Waals surface area contributed by atoms with Gasteiger partial charge in [-0.1, -0.05) is 12.1 Å². The molecule has 4 nitrogen and oxygen atoms in total. The van der Waals surface area contributed by atoms with Crippen molar-refractivity contribution in [1.82, 2.24) is 0 Å². The number of hydrogen-bond donors (Lipinski definition) is 1. The maximum atomic E-state index is 13.8. The lowest BCUT2D eigenvalue weighted by Gasteiger charge is -2.22. The highest BCUT2D eigenvalue weighted by Gasteiger charge is 2.17. The number of hydrogen-bond acceptors (Lipinski definition) is 3. The first-order valence-corrected chi connectivity index (χ1v) is 5.88. The third kappa shape index (κ3) is 3.05. The minimum absolute atomic E-state index is 0.0617. The van der Waals surface area contributed by atoms with E-state index in [0.717, 1.165) is 12.8 Å². The molecule has 0 aromatic heterocycles. The Balaban J connectivity index is 2.00. The van der Waals surface area contributed by atoms with Gasteiger partial charge in [-0.3, -0.25) is 0 Å². The van der Waals surface area contributed by atoms with Crippen LogP contribution in [0.25, 0.3) is 0 Å². The predicted octanol–water partition coefficient (Wildman–Crippen LogP) is 2.22. The molecule has 1 aliphatic heterocycles. The molecule has 0 radical (unpaired) electrons. The van der Waals surface area contributed by atoms with Gasteiger partial charge in [0, 0.05) is 18.8 Å². The fourth-order valence-electron chi connectivity index (χ4n) is 1.91. The number of aromatic carboxylic acids is 1. The van der Waals surface area contributed by atoms with Crippen molar-refractivity contribution in [3.63, 3.8) is 0 Å². The van der Waals surface area contributed by atoms with E-state index in [2.05, 4.69) is 0 Å². The first-order valence-electron chi connectivity index (χ1n) is 5.88. The van der Waals surface area contributed by atoms with Gasteiger partial charge in [-0.25, -0.2) is 9.18 Å². The zero-order valence-electron chi connectivity index (χ0n) is 9.89. The molecule has 1 aromatic rings. The molecule has 18 heavy (non-hydrogen) atoms. The largest absolute Gasteiger partial charge is 0.478 e. The summed E-state index contributed by atoms with van der Waals surface area (Å²) in [5.41, 5.74) is -0.0375. The van der Waals surface area contributed by atoms with Crippen LogP contribution >= 0.6 is 0 Å². The quantitative estimate of drug-likeness (QED) is 0.895. The summed E-state index contributed by atoms with van der Waals surface area (Å²) in [6.45, 7) is 1.41. The van der Waals surface area contributed by atoms with Crippen molar-refractivity contribution < 1.29 is 23.8 Å². The van der Waals surface area contributed by atoms with Crippen molar-refractivity contribution in [3.8, 4) is 0 Å². The summed E-state index contributed by atoms with van der Waals surface area (Å²) in [5.74, 6) is -1.97. The Morgan fingerprint density at radius 3 is 2.83 bits per heavy atom. The summed E-state index contributed by atoms with van der Waals surface area (Å²) in [4.78, 5) is 10.8. The summed E-state index contributed by atoms with van der Waals surface area (Å²) in [6, 6.07) is 4.31. The Labute approximate surface area is 104 Å². The van der Waals surface area contributed by atoms with Gasteiger partial charge in [-0.2, -0.15) is 0 Å². The van der Waals surface area contributed by atoms with Gasteiger partial charge in [0.15, 0.2) is 0 Å². The lowest BCUT2D eigenvalue weighted by molar-refractivity contribution is -0.0397. The highest BCUT2D eigenvalue weighted by molar-refractivity contribution is 5.88. The molecule has 1 fully saturated rings. The third-order valence-corrected chi connectivity index (χ3v) is 2.95. The first-order chi connectivity index (χ1) is 8.68. The Kier molecular flexibility index (Phi) is 4.28. The highest BCUT2D eigenvalue weighted by Crippen LogP contribution is 2.17. The number of ether oxygens (including phenoxy) is 2. The Morgan fingerprint density at radius 1 is 1.44 bits per heavy atom. The van der Waals surface area contributed by atoms with E-state index in [1.54, 1.807) is 6.07 Å². The molecule has 98 valence electrons. The molecule has 0 amide bonds. The summed E-state index contributed by atoms with van der Waals surface area (Å²) in [6.07, 6.45) is 1.65. The van der Waals surface area contributed by atoms with Crippen LogP contribution in [0.2, 0.25) is 0 Å². The fourth-order valence-corrected chi connectivity index (χ4v) is 1.91. The molecular weight excluding hydrogens is 239 g/mol. The molecule has 0 aliphatic carbocycles. The zero-order chi connectivity index (χ0) is 13.0. The van der Waals surface area contributed by atoms with Crippen molar-refractivity contribution in [2.45, 2.75) is 25.6 Å². The lowest BCUT2D eigenvalue weighted by atomic mass is 10.1. The standard InChI is InChI=1S/C13H15FO4/c14-12-9(2-1-3-11(12)13(15)16)8-18-10-4-6-17-7-5-10/h1-3,10H,4-8H2,(H,15,16). The molecule has 1 saturated heterocycles. The molecule has 2 rings (SSSR count). The lowest BCUT2D eigenvalue weighted by Crippen LogP contribution is -2.23. The minimum atomic E-state index is -1.26. The topological polar surface area (TPSA) is 55.8 Å². The van der Waals surface area contributed by atoms with E-state index in [9.17, 15) is 9.18 Å². The summed E-state index contributed by atoms with van der Waals surface area (Å²) in [5, 5.41) is 8.81. The van der Waals surface area contributed by atoms with E-state index >= 15 is 0 Å². The van der Waals surface area contributed by atoms with Gasteiger partial charge in [0.2, 0.25) is 0 Å². The number of rotatable bonds is 4. The van der Waals surface area contributed by atoms with Crippen LogP contribution in [0.5, 0.6) is 0 Å². The van der Waals surface area contributed by atoms with E-state index in [4.69, 9.17) is 14.6 Å². The van der Waals surface area contributed by atoms with E-state index in [0.29, 0.717) is 13.2 Å². The van der Waals surface area contributed by atoms with Crippen LogP contribution in [0.1, 0.15) is 28.8 Å². The molecule has 0 unspecified atom stereocenters. The van der Waals surface area contributed by atoms with Gasteiger partial charge in [-0.15, -0.1) is 0 Å². The Morgan fingerprint density at radius 2 is 2.17 bits per heavy atom. The molecule has 0 spiro atoms. The van der Waals surface area contributed by atoms with Crippen LogP contribution in [-0.4, -0.2) is 30.4 Å². The molecule has 1 aliphatic rings. The van der Waals surface area contributed by atoms with Gasteiger partial charge in [-0.05, 0) is 18.9 Å². The average molecular weight is 254 g/mol. The van der Waals surface area contributed by atoms with Crippen molar-refractivity contribution in [2.75, 3.05) is 13.2 Å². The normalized spacial score (nSPS) is 16.7. The molecular formula is C13H15FO4. The number of carbonyl (C=O) groups is 1. The molecule has 1 aromatic carbocycles. The van der Waals surface area contributed by atoms with Crippen LogP contribution in [0.4, 0.5) is 4.39 Å². The maximum absolute atomic E-state index is 13.8. The highest BCUT2D eigenvalue weighted by atomic mass is 19.1. The zero-order valence-corrected chi connectivity index (χ0v) is 9.89. The molecule has 1 heterocycles. The Hall–Kier alpha value is -1.46. The third-order valence-electron chi connectivity index (χ3n) is 2.95. The number of benzene rings is 1. The van der Waals surface area contributed by atoms with Gasteiger partial charge >= 0.3 is 5.97 Å². The Bertz CT molecular complexity index is 427. The second kappa shape index (κ2) is 5.93. The SMILES string of the molecule is O=C(O)c1cccc(COC2CCOCC2)c1F. The van der Waals surface area contributed by atoms with Crippen LogP contribution in [-0.2, 0) is 16.1 Å². The van der Waals surface area contributed by atoms with Crippen molar-refractivity contribution in [2.24, 2.45) is 0 Å². The number of halogens is 1. The van der Waals surface area contributed by atoms with Crippen molar-refractivity contribution in [3.05, 3.63) is 35.1 Å². The van der Waals surface area contributed by atoms with E-state index in [1.165, 1.54) is 12.1 Å². The van der Waals surface area contributed by atoms with E-state index in [1.807, 2.05) is 0 Å². The smallest absolute Gasteiger partial charge is 0.338 e. The monoisotopic (exact) mass is 254 g/mol. The first kappa shape index (κ1) is 13.0. The summed E-state index contributed by atoms with van der Waals surface area (Å²) in [7, 11) is 0. The van der Waals surface area contributed by atoms with Crippen LogP contribution in [0.15, 0.2) is 18.2 Å². The van der Waals surface area contributed by atoms with Crippen molar-refractivity contribution >= 4 is 5.97 Å². The maximum Gasteiger partial charge on any atom is 0.338 e. The second-order valence-corrected chi connectivity index (χ2v) is 4.21. The summed E-state index contributed by atoms with van der Waals surface area (Å²) < 4.78 is 24.6. The van der Waals surface area contributed by atoms with Crippen LogP contribution in [0.3, 0.4) is 0 Å². The molecule has 0 saturated carbocycles. The number of carboxylic acid groups (broad SMARTS) is 1. The van der Waals surface area contributed by atoms with Crippen LogP contribution in [0, 0.1) is 5.82 Å². The van der Waals surface area contributed by atoms with E-state index in [-0.39, 0.29) is 23.8 Å². The average Bonchev–Trinajstić information content (AvgIpc) is 2.38. The van der Waals surface area contributed by atoms with E-state index < -0.39 is 11.8 Å². The minimum Gasteiger partial charge on any atom is -0.478 e. The fraction of sp³-hybridized carbons (Fsp3) is 0.462. The molecule has 0 atom stereocenters. The van der Waals surface area contributed by atoms with Crippen LogP contribution < -0.4 is 0 Å². The predicted molar refractivity (Wildman–Crippen MR) is 62.0 cm³/mol.